The third kappa shape index (κ3) is 14.2. The number of hydrogen-bond donors (Lipinski definition) is 9. The molecule has 15 nitrogen and oxygen atoms in total. The molecule has 0 aliphatic rings. The third-order valence-electron chi connectivity index (χ3n) is 5.19. The maximum Gasteiger partial charge on any atom is 0.326 e. The van der Waals surface area contributed by atoms with Gasteiger partial charge < -0.3 is 49.1 Å². The summed E-state index contributed by atoms with van der Waals surface area (Å²) in [5, 5.41) is 25.2. The molecule has 0 fully saturated rings. The number of carboxylic acid groups (broad SMARTS) is 2. The monoisotopic (exact) mass is 517 g/mol. The van der Waals surface area contributed by atoms with E-state index in [-0.39, 0.29) is 25.7 Å². The molecule has 4 unspecified atom stereocenters. The first-order valence-electron chi connectivity index (χ1n) is 11.7. The first kappa shape index (κ1) is 32.7. The molecule has 0 aliphatic carbocycles. The van der Waals surface area contributed by atoms with Gasteiger partial charge in [0, 0.05) is 6.42 Å². The highest BCUT2D eigenvalue weighted by molar-refractivity contribution is 5.96. The molecule has 0 aromatic carbocycles. The lowest BCUT2D eigenvalue weighted by Crippen LogP contribution is -2.57. The molecule has 0 radical (unpaired) electrons. The number of carboxylic acids is 2. The van der Waals surface area contributed by atoms with Crippen LogP contribution in [-0.2, 0) is 28.8 Å². The minimum atomic E-state index is -1.49. The molecule has 0 aromatic heterocycles. The van der Waals surface area contributed by atoms with Gasteiger partial charge in [-0.25, -0.2) is 4.79 Å². The molecule has 15 heteroatoms. The van der Waals surface area contributed by atoms with Crippen LogP contribution in [0.5, 0.6) is 0 Å². The number of amides is 4. The third-order valence-corrected chi connectivity index (χ3v) is 5.19. The maximum absolute atomic E-state index is 12.9. The van der Waals surface area contributed by atoms with Gasteiger partial charge in [0.2, 0.25) is 23.6 Å². The molecule has 0 rings (SSSR count). The maximum atomic E-state index is 12.9. The number of primary amides is 1. The second-order valence-corrected chi connectivity index (χ2v) is 8.30. The highest BCUT2D eigenvalue weighted by Gasteiger charge is 2.31. The number of nitrogens with two attached hydrogens (primary N) is 4. The summed E-state index contributed by atoms with van der Waals surface area (Å²) in [7, 11) is 0. The van der Waals surface area contributed by atoms with Gasteiger partial charge in [-0.1, -0.05) is 0 Å². The Hall–Kier alpha value is -3.30. The van der Waals surface area contributed by atoms with Crippen LogP contribution < -0.4 is 38.9 Å². The van der Waals surface area contributed by atoms with Crippen LogP contribution in [0.25, 0.3) is 0 Å². The summed E-state index contributed by atoms with van der Waals surface area (Å²) in [6.07, 6.45) is 1.02. The van der Waals surface area contributed by atoms with Crippen molar-refractivity contribution in [3.8, 4) is 0 Å². The van der Waals surface area contributed by atoms with E-state index in [4.69, 9.17) is 28.0 Å². The predicted molar refractivity (Wildman–Crippen MR) is 128 cm³/mol. The molecule has 0 bridgehead atoms. The largest absolute Gasteiger partial charge is 0.481 e. The Balaban J connectivity index is 5.48. The zero-order valence-electron chi connectivity index (χ0n) is 20.2. The van der Waals surface area contributed by atoms with E-state index in [0.717, 1.165) is 0 Å². The van der Waals surface area contributed by atoms with Gasteiger partial charge in [0.25, 0.3) is 0 Å². The number of hydrogen-bond acceptors (Lipinski definition) is 9. The highest BCUT2D eigenvalue weighted by atomic mass is 16.4. The van der Waals surface area contributed by atoms with E-state index in [2.05, 4.69) is 16.0 Å². The molecule has 0 heterocycles. The van der Waals surface area contributed by atoms with Crippen LogP contribution in [0.4, 0.5) is 0 Å². The van der Waals surface area contributed by atoms with Crippen molar-refractivity contribution < 1.29 is 39.0 Å². The van der Waals surface area contributed by atoms with E-state index >= 15 is 0 Å². The molecule has 0 aliphatic heterocycles. The summed E-state index contributed by atoms with van der Waals surface area (Å²) in [6, 6.07) is -5.15. The fourth-order valence-electron chi connectivity index (χ4n) is 3.16. The Morgan fingerprint density at radius 1 is 0.667 bits per heavy atom. The van der Waals surface area contributed by atoms with E-state index in [0.29, 0.717) is 38.8 Å². The Morgan fingerprint density at radius 3 is 1.61 bits per heavy atom. The van der Waals surface area contributed by atoms with Gasteiger partial charge in [0.05, 0.1) is 12.5 Å². The van der Waals surface area contributed by atoms with Crippen LogP contribution >= 0.6 is 0 Å². The van der Waals surface area contributed by atoms with Crippen LogP contribution in [0.15, 0.2) is 0 Å². The molecule has 4 atom stereocenters. The molecule has 206 valence electrons. The van der Waals surface area contributed by atoms with Gasteiger partial charge in [-0.05, 0) is 58.0 Å². The summed E-state index contributed by atoms with van der Waals surface area (Å²) >= 11 is 0. The fourth-order valence-corrected chi connectivity index (χ4v) is 3.16. The van der Waals surface area contributed by atoms with Gasteiger partial charge in [0.15, 0.2) is 0 Å². The van der Waals surface area contributed by atoms with E-state index < -0.39 is 66.2 Å². The SMILES string of the molecule is NCCCCC(NC(=O)C(CCCCN)NC(=O)C(CC(N)=O)NC(=O)C(N)CCC(=O)O)C(=O)O. The second kappa shape index (κ2) is 18.0. The first-order chi connectivity index (χ1) is 16.9. The molecule has 36 heavy (non-hydrogen) atoms. The predicted octanol–water partition coefficient (Wildman–Crippen LogP) is -3.15. The zero-order valence-corrected chi connectivity index (χ0v) is 20.2. The summed E-state index contributed by atoms with van der Waals surface area (Å²) < 4.78 is 0. The molecule has 0 saturated carbocycles. The van der Waals surface area contributed by atoms with Crippen molar-refractivity contribution >= 4 is 35.6 Å². The number of unbranched alkanes of at least 4 members (excludes halogenated alkanes) is 2. The minimum absolute atomic E-state index is 0.110. The lowest BCUT2D eigenvalue weighted by atomic mass is 10.0. The van der Waals surface area contributed by atoms with Crippen molar-refractivity contribution in [3.05, 3.63) is 0 Å². The van der Waals surface area contributed by atoms with Crippen LogP contribution in [0.3, 0.4) is 0 Å². The quantitative estimate of drug-likeness (QED) is 0.0726. The van der Waals surface area contributed by atoms with Gasteiger partial charge in [-0.2, -0.15) is 0 Å². The fraction of sp³-hybridized carbons (Fsp3) is 0.714. The van der Waals surface area contributed by atoms with Crippen LogP contribution in [0.1, 0.15) is 57.8 Å². The van der Waals surface area contributed by atoms with Gasteiger partial charge >= 0.3 is 11.9 Å². The zero-order chi connectivity index (χ0) is 27.7. The average molecular weight is 518 g/mol. The molecule has 0 spiro atoms. The summed E-state index contributed by atoms with van der Waals surface area (Å²) in [5.74, 6) is -5.91. The van der Waals surface area contributed by atoms with Crippen molar-refractivity contribution in [2.75, 3.05) is 13.1 Å². The van der Waals surface area contributed by atoms with E-state index in [1.54, 1.807) is 0 Å². The van der Waals surface area contributed by atoms with Crippen LogP contribution in [0, 0.1) is 0 Å². The Labute approximate surface area is 209 Å². The van der Waals surface area contributed by atoms with Crippen LogP contribution in [0.2, 0.25) is 0 Å². The molecule has 0 aromatic rings. The lowest BCUT2D eigenvalue weighted by Gasteiger charge is -2.25. The molecular formula is C21H39N7O8. The standard InChI is InChI=1S/C21H39N7O8/c22-9-3-1-5-13(19(33)27-14(21(35)36)6-2-4-10-23)26-20(34)15(11-16(25)29)28-18(32)12(24)7-8-17(30)31/h12-15H,1-11,22-24H2,(H2,25,29)(H,26,34)(H,27,33)(H,28,32)(H,30,31)(H,35,36). The van der Waals surface area contributed by atoms with Crippen molar-refractivity contribution in [1.29, 1.82) is 0 Å². The second-order valence-electron chi connectivity index (χ2n) is 8.30. The van der Waals surface area contributed by atoms with E-state index in [9.17, 15) is 33.9 Å². The number of aliphatic carboxylic acids is 2. The average Bonchev–Trinajstić information content (AvgIpc) is 2.80. The smallest absolute Gasteiger partial charge is 0.326 e. The normalized spacial score (nSPS) is 14.1. The number of rotatable bonds is 20. The van der Waals surface area contributed by atoms with E-state index in [1.807, 2.05) is 0 Å². The lowest BCUT2D eigenvalue weighted by molar-refractivity contribution is -0.142. The Kier molecular flexibility index (Phi) is 16.4. The van der Waals surface area contributed by atoms with Crippen molar-refractivity contribution in [2.45, 2.75) is 82.0 Å². The van der Waals surface area contributed by atoms with Gasteiger partial charge in [0.1, 0.15) is 18.1 Å². The van der Waals surface area contributed by atoms with Crippen molar-refractivity contribution in [2.24, 2.45) is 22.9 Å². The summed E-state index contributed by atoms with van der Waals surface area (Å²) in [5.41, 5.74) is 21.7. The number of carbonyl (C=O) groups excluding carboxylic acids is 4. The first-order valence-corrected chi connectivity index (χ1v) is 11.7. The minimum Gasteiger partial charge on any atom is -0.481 e. The van der Waals surface area contributed by atoms with E-state index in [1.165, 1.54) is 0 Å². The van der Waals surface area contributed by atoms with Gasteiger partial charge in [-0.3, -0.25) is 24.0 Å². The van der Waals surface area contributed by atoms with Crippen LogP contribution in [-0.4, -0.2) is 83.0 Å². The Morgan fingerprint density at radius 2 is 1.14 bits per heavy atom. The highest BCUT2D eigenvalue weighted by Crippen LogP contribution is 2.07. The summed E-state index contributed by atoms with van der Waals surface area (Å²) in [6.45, 7) is 0.693. The Bertz CT molecular complexity index is 765. The number of carbonyl (C=O) groups is 6. The molecule has 13 N–H and O–H groups in total. The molecule has 0 saturated heterocycles. The topological polar surface area (TPSA) is 283 Å². The van der Waals surface area contributed by atoms with Crippen molar-refractivity contribution in [3.63, 3.8) is 0 Å². The molecule has 4 amide bonds. The number of nitrogens with one attached hydrogen (secondary N) is 3. The molecular weight excluding hydrogens is 478 g/mol. The summed E-state index contributed by atoms with van der Waals surface area (Å²) in [4.78, 5) is 71.7. The van der Waals surface area contributed by atoms with Gasteiger partial charge in [-0.15, -0.1) is 0 Å². The van der Waals surface area contributed by atoms with Crippen molar-refractivity contribution in [1.82, 2.24) is 16.0 Å².